The molecule has 0 saturated carbocycles. The Balaban J connectivity index is 3.89. The summed E-state index contributed by atoms with van der Waals surface area (Å²) in [7, 11) is 0. The summed E-state index contributed by atoms with van der Waals surface area (Å²) in [4.78, 5) is 0. The number of halogens is 4. The standard InChI is InChI=1S/C5H8F4O/c1-3-5(8,9)10-4(2,6)7/h3H2,1-2H3. The van der Waals surface area contributed by atoms with Crippen LogP contribution in [0.4, 0.5) is 17.6 Å². The highest BCUT2D eigenvalue weighted by atomic mass is 19.3. The van der Waals surface area contributed by atoms with Crippen LogP contribution in [0.1, 0.15) is 20.3 Å². The van der Waals surface area contributed by atoms with Crippen LogP contribution in [0.15, 0.2) is 0 Å². The van der Waals surface area contributed by atoms with Crippen LogP contribution in [0.3, 0.4) is 0 Å². The highest BCUT2D eigenvalue weighted by Gasteiger charge is 2.38. The van der Waals surface area contributed by atoms with E-state index in [-0.39, 0.29) is 6.92 Å². The molecule has 0 fully saturated rings. The SMILES string of the molecule is CCC(F)(F)OC(C)(F)F. The van der Waals surface area contributed by atoms with E-state index >= 15 is 0 Å². The molecule has 0 spiro atoms. The fourth-order valence-electron chi connectivity index (χ4n) is 0.334. The van der Waals surface area contributed by atoms with E-state index in [1.807, 2.05) is 0 Å². The quantitative estimate of drug-likeness (QED) is 0.576. The second-order valence-corrected chi connectivity index (χ2v) is 1.90. The fraction of sp³-hybridized carbons (Fsp3) is 1.00. The van der Waals surface area contributed by atoms with Gasteiger partial charge in [0, 0.05) is 13.3 Å². The van der Waals surface area contributed by atoms with Gasteiger partial charge in [0.05, 0.1) is 0 Å². The van der Waals surface area contributed by atoms with Gasteiger partial charge in [0.2, 0.25) is 0 Å². The van der Waals surface area contributed by atoms with Crippen molar-refractivity contribution in [2.24, 2.45) is 0 Å². The van der Waals surface area contributed by atoms with E-state index in [1.165, 1.54) is 0 Å². The van der Waals surface area contributed by atoms with Crippen LogP contribution in [-0.2, 0) is 4.74 Å². The van der Waals surface area contributed by atoms with Crippen molar-refractivity contribution in [3.8, 4) is 0 Å². The Morgan fingerprint density at radius 1 is 1.20 bits per heavy atom. The number of hydrogen-bond donors (Lipinski definition) is 0. The van der Waals surface area contributed by atoms with Gasteiger partial charge >= 0.3 is 12.2 Å². The molecule has 0 aromatic rings. The molecule has 1 nitrogen and oxygen atoms in total. The van der Waals surface area contributed by atoms with Crippen LogP contribution in [0.25, 0.3) is 0 Å². The third-order valence-corrected chi connectivity index (χ3v) is 0.740. The zero-order chi connectivity index (χ0) is 8.41. The topological polar surface area (TPSA) is 9.23 Å². The van der Waals surface area contributed by atoms with Crippen molar-refractivity contribution in [3.05, 3.63) is 0 Å². The summed E-state index contributed by atoms with van der Waals surface area (Å²) >= 11 is 0. The van der Waals surface area contributed by atoms with E-state index in [1.54, 1.807) is 0 Å². The average Bonchev–Trinajstić information content (AvgIpc) is 1.60. The highest BCUT2D eigenvalue weighted by Crippen LogP contribution is 2.28. The van der Waals surface area contributed by atoms with E-state index in [0.717, 1.165) is 6.92 Å². The van der Waals surface area contributed by atoms with E-state index in [2.05, 4.69) is 4.74 Å². The number of ether oxygens (including phenoxy) is 1. The minimum absolute atomic E-state index is 0.274. The fourth-order valence-corrected chi connectivity index (χ4v) is 0.334. The van der Waals surface area contributed by atoms with Gasteiger partial charge in [0.1, 0.15) is 0 Å². The minimum Gasteiger partial charge on any atom is -0.255 e. The summed E-state index contributed by atoms with van der Waals surface area (Å²) in [6.07, 6.45) is -8.24. The lowest BCUT2D eigenvalue weighted by Crippen LogP contribution is -2.29. The van der Waals surface area contributed by atoms with E-state index in [9.17, 15) is 17.6 Å². The molecule has 0 heterocycles. The smallest absolute Gasteiger partial charge is 0.255 e. The lowest BCUT2D eigenvalue weighted by Gasteiger charge is -2.18. The molecule has 0 atom stereocenters. The van der Waals surface area contributed by atoms with Crippen molar-refractivity contribution in [1.82, 2.24) is 0 Å². The first-order valence-electron chi connectivity index (χ1n) is 2.72. The molecule has 0 aliphatic carbocycles. The molecule has 0 bridgehead atoms. The van der Waals surface area contributed by atoms with Crippen molar-refractivity contribution in [2.45, 2.75) is 32.5 Å². The first kappa shape index (κ1) is 9.68. The molecule has 0 radical (unpaired) electrons. The van der Waals surface area contributed by atoms with Crippen molar-refractivity contribution in [2.75, 3.05) is 0 Å². The summed E-state index contributed by atoms with van der Waals surface area (Å²) < 4.78 is 50.4. The normalized spacial score (nSPS) is 13.8. The van der Waals surface area contributed by atoms with Crippen LogP contribution in [-0.4, -0.2) is 12.2 Å². The molecule has 0 saturated heterocycles. The van der Waals surface area contributed by atoms with Crippen LogP contribution in [0.5, 0.6) is 0 Å². The van der Waals surface area contributed by atoms with Gasteiger partial charge in [-0.1, -0.05) is 6.92 Å². The second kappa shape index (κ2) is 2.74. The van der Waals surface area contributed by atoms with E-state index in [0.29, 0.717) is 0 Å². The molecule has 0 N–H and O–H groups in total. The van der Waals surface area contributed by atoms with Gasteiger partial charge in [-0.3, -0.25) is 4.74 Å². The molecule has 0 aliphatic heterocycles. The van der Waals surface area contributed by atoms with Crippen LogP contribution in [0, 0.1) is 0 Å². The zero-order valence-corrected chi connectivity index (χ0v) is 5.63. The van der Waals surface area contributed by atoms with E-state index < -0.39 is 18.6 Å². The minimum atomic E-state index is -3.76. The van der Waals surface area contributed by atoms with Gasteiger partial charge in [0.15, 0.2) is 0 Å². The molecule has 0 rings (SSSR count). The van der Waals surface area contributed by atoms with Gasteiger partial charge in [-0.15, -0.1) is 0 Å². The average molecular weight is 160 g/mol. The van der Waals surface area contributed by atoms with Crippen molar-refractivity contribution < 1.29 is 22.3 Å². The molecule has 0 aromatic heterocycles. The molecular formula is C5H8F4O. The summed E-state index contributed by atoms with van der Waals surface area (Å²) in [5.74, 6) is 0. The third-order valence-electron chi connectivity index (χ3n) is 0.740. The maximum Gasteiger partial charge on any atom is 0.359 e. The molecule has 5 heteroatoms. The molecular weight excluding hydrogens is 152 g/mol. The molecule has 62 valence electrons. The predicted octanol–water partition coefficient (Wildman–Crippen LogP) is 2.62. The first-order valence-corrected chi connectivity index (χ1v) is 2.72. The first-order chi connectivity index (χ1) is 4.27. The summed E-state index contributed by atoms with van der Waals surface area (Å²) in [6, 6.07) is 0. The van der Waals surface area contributed by atoms with Crippen LogP contribution < -0.4 is 0 Å². The molecule has 0 amide bonds. The Labute approximate surface area is 56.0 Å². The van der Waals surface area contributed by atoms with Crippen molar-refractivity contribution in [3.63, 3.8) is 0 Å². The zero-order valence-electron chi connectivity index (χ0n) is 5.63. The maximum atomic E-state index is 11.9. The monoisotopic (exact) mass is 160 g/mol. The van der Waals surface area contributed by atoms with Gasteiger partial charge in [-0.25, -0.2) is 0 Å². The Kier molecular flexibility index (Phi) is 2.65. The summed E-state index contributed by atoms with van der Waals surface area (Å²) in [6.45, 7) is 1.34. The second-order valence-electron chi connectivity index (χ2n) is 1.90. The van der Waals surface area contributed by atoms with Crippen molar-refractivity contribution >= 4 is 0 Å². The van der Waals surface area contributed by atoms with Crippen LogP contribution >= 0.6 is 0 Å². The van der Waals surface area contributed by atoms with Gasteiger partial charge in [-0.05, 0) is 0 Å². The largest absolute Gasteiger partial charge is 0.359 e. The molecule has 0 aromatic carbocycles. The van der Waals surface area contributed by atoms with Crippen molar-refractivity contribution in [1.29, 1.82) is 0 Å². The lowest BCUT2D eigenvalue weighted by molar-refractivity contribution is -0.367. The highest BCUT2D eigenvalue weighted by molar-refractivity contribution is 4.51. The molecule has 0 aliphatic rings. The maximum absolute atomic E-state index is 11.9. The predicted molar refractivity (Wildman–Crippen MR) is 26.9 cm³/mol. The summed E-state index contributed by atoms with van der Waals surface area (Å²) in [5.41, 5.74) is 0. The van der Waals surface area contributed by atoms with Gasteiger partial charge in [0.25, 0.3) is 0 Å². The Bertz CT molecular complexity index is 107. The Morgan fingerprint density at radius 3 is 1.70 bits per heavy atom. The number of hydrogen-bond acceptors (Lipinski definition) is 1. The lowest BCUT2D eigenvalue weighted by atomic mass is 10.4. The summed E-state index contributed by atoms with van der Waals surface area (Å²) in [5, 5.41) is 0. The number of rotatable bonds is 3. The number of alkyl halides is 4. The van der Waals surface area contributed by atoms with Gasteiger partial charge < -0.3 is 0 Å². The molecule has 10 heavy (non-hydrogen) atoms. The van der Waals surface area contributed by atoms with Gasteiger partial charge in [-0.2, -0.15) is 17.6 Å². The van der Waals surface area contributed by atoms with E-state index in [4.69, 9.17) is 0 Å². The molecule has 0 unspecified atom stereocenters. The Morgan fingerprint density at radius 2 is 1.60 bits per heavy atom. The van der Waals surface area contributed by atoms with Crippen LogP contribution in [0.2, 0.25) is 0 Å². The Hall–Kier alpha value is -0.320. The third kappa shape index (κ3) is 4.55.